The van der Waals surface area contributed by atoms with Gasteiger partial charge in [0, 0.05) is 9.60 Å². The minimum atomic E-state index is 0.806. The van der Waals surface area contributed by atoms with E-state index in [4.69, 9.17) is 11.6 Å². The normalized spacial score (nSPS) is 11.0. The summed E-state index contributed by atoms with van der Waals surface area (Å²) in [6.07, 6.45) is 0.963. The highest BCUT2D eigenvalue weighted by molar-refractivity contribution is 7.80. The third-order valence-corrected chi connectivity index (χ3v) is 4.01. The van der Waals surface area contributed by atoms with E-state index in [0.717, 1.165) is 16.3 Å². The zero-order valence-electron chi connectivity index (χ0n) is 7.17. The van der Waals surface area contributed by atoms with Crippen LogP contribution >= 0.6 is 35.6 Å². The highest BCUT2D eigenvalue weighted by atomic mass is 35.5. The number of rotatable bonds is 1. The van der Waals surface area contributed by atoms with Crippen molar-refractivity contribution in [1.29, 1.82) is 0 Å². The monoisotopic (exact) mass is 228 g/mol. The van der Waals surface area contributed by atoms with Crippen molar-refractivity contribution >= 4 is 45.7 Å². The molecule has 0 saturated heterocycles. The maximum Gasteiger partial charge on any atom is 0.0585 e. The second kappa shape index (κ2) is 3.52. The van der Waals surface area contributed by atoms with E-state index in [0.29, 0.717) is 0 Å². The van der Waals surface area contributed by atoms with Gasteiger partial charge in [0.15, 0.2) is 0 Å². The van der Waals surface area contributed by atoms with E-state index >= 15 is 0 Å². The van der Waals surface area contributed by atoms with Gasteiger partial charge in [-0.1, -0.05) is 18.5 Å². The van der Waals surface area contributed by atoms with Crippen molar-refractivity contribution < 1.29 is 0 Å². The van der Waals surface area contributed by atoms with Crippen LogP contribution < -0.4 is 0 Å². The van der Waals surface area contributed by atoms with Gasteiger partial charge in [-0.3, -0.25) is 0 Å². The first kappa shape index (κ1) is 9.38. The Morgan fingerprint density at radius 1 is 1.54 bits per heavy atom. The number of benzene rings is 1. The number of hydrogen-bond acceptors (Lipinski definition) is 2. The van der Waals surface area contributed by atoms with Crippen LogP contribution in [0.25, 0.3) is 10.1 Å². The molecule has 0 atom stereocenters. The van der Waals surface area contributed by atoms with Crippen molar-refractivity contribution in [2.75, 3.05) is 0 Å². The van der Waals surface area contributed by atoms with Gasteiger partial charge in [-0.05, 0) is 34.9 Å². The van der Waals surface area contributed by atoms with Crippen LogP contribution in [0.15, 0.2) is 22.4 Å². The summed E-state index contributed by atoms with van der Waals surface area (Å²) >= 11 is 12.2. The molecular weight excluding hydrogens is 220 g/mol. The first-order chi connectivity index (χ1) is 6.24. The molecule has 0 nitrogen and oxygen atoms in total. The topological polar surface area (TPSA) is 0 Å². The minimum absolute atomic E-state index is 0.806. The van der Waals surface area contributed by atoms with Crippen LogP contribution in [0, 0.1) is 0 Å². The fourth-order valence-corrected chi connectivity index (χ4v) is 3.07. The molecule has 0 spiro atoms. The second-order valence-electron chi connectivity index (χ2n) is 2.88. The predicted octanol–water partition coefficient (Wildman–Crippen LogP) is 4.41. The van der Waals surface area contributed by atoms with Crippen molar-refractivity contribution in [3.63, 3.8) is 0 Å². The van der Waals surface area contributed by atoms with E-state index in [1.807, 2.05) is 6.07 Å². The largest absolute Gasteiger partial charge is 0.143 e. The number of thiophene rings is 1. The van der Waals surface area contributed by atoms with Crippen molar-refractivity contribution in [2.24, 2.45) is 0 Å². The third-order valence-electron chi connectivity index (χ3n) is 2.11. The fraction of sp³-hybridized carbons (Fsp3) is 0.200. The Hall–Kier alpha value is -0.180. The number of aryl methyl sites for hydroxylation is 1. The molecule has 1 aromatic carbocycles. The minimum Gasteiger partial charge on any atom is -0.143 e. The summed E-state index contributed by atoms with van der Waals surface area (Å²) in [6.45, 7) is 2.12. The predicted molar refractivity (Wildman–Crippen MR) is 63.5 cm³/mol. The van der Waals surface area contributed by atoms with E-state index in [-0.39, 0.29) is 0 Å². The quantitative estimate of drug-likeness (QED) is 0.687. The molecule has 0 fully saturated rings. The van der Waals surface area contributed by atoms with E-state index < -0.39 is 0 Å². The Morgan fingerprint density at radius 2 is 2.31 bits per heavy atom. The van der Waals surface area contributed by atoms with Crippen LogP contribution in [0.2, 0.25) is 5.02 Å². The molecule has 0 N–H and O–H groups in total. The van der Waals surface area contributed by atoms with Crippen LogP contribution in [0.3, 0.4) is 0 Å². The summed E-state index contributed by atoms with van der Waals surface area (Å²) < 4.78 is 1.30. The first-order valence-electron chi connectivity index (χ1n) is 4.11. The van der Waals surface area contributed by atoms with Crippen LogP contribution in [0.5, 0.6) is 0 Å². The van der Waals surface area contributed by atoms with Gasteiger partial charge in [0.1, 0.15) is 0 Å². The summed E-state index contributed by atoms with van der Waals surface area (Å²) in [7, 11) is 0. The standard InChI is InChI=1S/C10H9ClS2/c1-2-7-9(11)8(12)5-6-3-4-13-10(6)7/h3-5,12H,2H2,1H3. The van der Waals surface area contributed by atoms with Crippen molar-refractivity contribution in [2.45, 2.75) is 18.2 Å². The van der Waals surface area contributed by atoms with Gasteiger partial charge in [0.2, 0.25) is 0 Å². The molecular formula is C10H9ClS2. The lowest BCUT2D eigenvalue weighted by Gasteiger charge is -2.05. The maximum absolute atomic E-state index is 6.16. The summed E-state index contributed by atoms with van der Waals surface area (Å²) in [4.78, 5) is 0.879. The van der Waals surface area contributed by atoms with E-state index in [2.05, 4.69) is 31.0 Å². The van der Waals surface area contributed by atoms with Crippen molar-refractivity contribution in [1.82, 2.24) is 0 Å². The molecule has 13 heavy (non-hydrogen) atoms. The van der Waals surface area contributed by atoms with E-state index in [1.54, 1.807) is 11.3 Å². The SMILES string of the molecule is CCc1c(Cl)c(S)cc2ccsc12. The van der Waals surface area contributed by atoms with Gasteiger partial charge in [0.25, 0.3) is 0 Å². The average molecular weight is 229 g/mol. The smallest absolute Gasteiger partial charge is 0.0585 e. The Morgan fingerprint density at radius 3 is 3.00 bits per heavy atom. The first-order valence-corrected chi connectivity index (χ1v) is 5.82. The Bertz CT molecular complexity index is 445. The lowest BCUT2D eigenvalue weighted by Crippen LogP contribution is -1.83. The lowest BCUT2D eigenvalue weighted by atomic mass is 10.1. The summed E-state index contributed by atoms with van der Waals surface area (Å²) in [6, 6.07) is 4.13. The van der Waals surface area contributed by atoms with Gasteiger partial charge < -0.3 is 0 Å². The molecule has 0 saturated carbocycles. The summed E-state index contributed by atoms with van der Waals surface area (Å²) in [5.74, 6) is 0. The zero-order chi connectivity index (χ0) is 9.42. The molecule has 0 aliphatic carbocycles. The van der Waals surface area contributed by atoms with Crippen LogP contribution in [0.1, 0.15) is 12.5 Å². The molecule has 0 radical (unpaired) electrons. The molecule has 0 amide bonds. The number of halogens is 1. The molecule has 0 bridgehead atoms. The molecule has 2 rings (SSSR count). The molecule has 0 aliphatic heterocycles. The van der Waals surface area contributed by atoms with Crippen molar-refractivity contribution in [3.05, 3.63) is 28.1 Å². The number of thiol groups is 1. The van der Waals surface area contributed by atoms with Gasteiger partial charge >= 0.3 is 0 Å². The Labute approximate surface area is 91.9 Å². The van der Waals surface area contributed by atoms with Gasteiger partial charge in [-0.15, -0.1) is 24.0 Å². The molecule has 0 aliphatic rings. The molecule has 1 aromatic heterocycles. The molecule has 1 heterocycles. The van der Waals surface area contributed by atoms with Crippen molar-refractivity contribution in [3.8, 4) is 0 Å². The highest BCUT2D eigenvalue weighted by Crippen LogP contribution is 2.35. The average Bonchev–Trinajstić information content (AvgIpc) is 2.54. The van der Waals surface area contributed by atoms with Gasteiger partial charge in [-0.25, -0.2) is 0 Å². The van der Waals surface area contributed by atoms with E-state index in [1.165, 1.54) is 15.6 Å². The lowest BCUT2D eigenvalue weighted by molar-refractivity contribution is 1.15. The van der Waals surface area contributed by atoms with Crippen LogP contribution in [-0.2, 0) is 6.42 Å². The highest BCUT2D eigenvalue weighted by Gasteiger charge is 2.08. The maximum atomic E-state index is 6.16. The summed E-state index contributed by atoms with van der Waals surface area (Å²) in [5, 5.41) is 4.14. The number of hydrogen-bond donors (Lipinski definition) is 1. The fourth-order valence-electron chi connectivity index (χ4n) is 1.46. The summed E-state index contributed by atoms with van der Waals surface area (Å²) in [5.41, 5.74) is 1.22. The van der Waals surface area contributed by atoms with Gasteiger partial charge in [-0.2, -0.15) is 0 Å². The number of fused-ring (bicyclic) bond motifs is 1. The van der Waals surface area contributed by atoms with Gasteiger partial charge in [0.05, 0.1) is 5.02 Å². The molecule has 68 valence electrons. The van der Waals surface area contributed by atoms with Crippen LogP contribution in [0.4, 0.5) is 0 Å². The Kier molecular flexibility index (Phi) is 2.54. The Balaban J connectivity index is 2.87. The molecule has 2 aromatic rings. The van der Waals surface area contributed by atoms with E-state index in [9.17, 15) is 0 Å². The third kappa shape index (κ3) is 1.47. The zero-order valence-corrected chi connectivity index (χ0v) is 9.64. The second-order valence-corrected chi connectivity index (χ2v) is 4.66. The molecule has 3 heteroatoms. The molecule has 0 unspecified atom stereocenters. The van der Waals surface area contributed by atoms with Crippen LogP contribution in [-0.4, -0.2) is 0 Å².